The molecule has 0 spiro atoms. The van der Waals surface area contributed by atoms with Crippen molar-refractivity contribution in [3.63, 3.8) is 0 Å². The molecular formula is C47H62N4O7. The lowest BCUT2D eigenvalue weighted by atomic mass is 9.67. The van der Waals surface area contributed by atoms with Gasteiger partial charge in [0.2, 0.25) is 0 Å². The zero-order chi connectivity index (χ0) is 40.6. The predicted octanol–water partition coefficient (Wildman–Crippen LogP) is 4.80. The van der Waals surface area contributed by atoms with Gasteiger partial charge in [-0.15, -0.1) is 0 Å². The summed E-state index contributed by atoms with van der Waals surface area (Å²) in [4.78, 5) is 39.4. The third-order valence-corrected chi connectivity index (χ3v) is 14.0. The zero-order valence-electron chi connectivity index (χ0n) is 33.7. The number of nitrogens with one attached hydrogen (secondary N) is 3. The first-order valence-electron chi connectivity index (χ1n) is 21.5. The highest BCUT2D eigenvalue weighted by molar-refractivity contribution is 5.72. The molecule has 3 aromatic rings. The van der Waals surface area contributed by atoms with Crippen LogP contribution in [0.15, 0.2) is 72.8 Å². The molecule has 7 atom stereocenters. The average molecular weight is 795 g/mol. The lowest BCUT2D eigenvalue weighted by Gasteiger charge is -2.45. The average Bonchev–Trinajstić information content (AvgIpc) is 4.05. The van der Waals surface area contributed by atoms with E-state index in [1.807, 2.05) is 48.5 Å². The van der Waals surface area contributed by atoms with E-state index in [0.717, 1.165) is 118 Å². The van der Waals surface area contributed by atoms with Gasteiger partial charge in [0, 0.05) is 12.0 Å². The topological polar surface area (TPSA) is 171 Å². The first-order valence-corrected chi connectivity index (χ1v) is 21.5. The van der Waals surface area contributed by atoms with Crippen molar-refractivity contribution in [2.75, 3.05) is 52.4 Å². The number of carboxylic acids is 3. The van der Waals surface area contributed by atoms with Crippen molar-refractivity contribution in [2.45, 2.75) is 70.4 Å². The highest BCUT2D eigenvalue weighted by atomic mass is 16.4. The Morgan fingerprint density at radius 3 is 1.47 bits per heavy atom. The number of hydrogen-bond donors (Lipinski definition) is 7. The highest BCUT2D eigenvalue weighted by Gasteiger charge is 2.42. The van der Waals surface area contributed by atoms with Crippen LogP contribution in [0.3, 0.4) is 0 Å². The third kappa shape index (κ3) is 10.4. The van der Waals surface area contributed by atoms with Crippen molar-refractivity contribution in [3.05, 3.63) is 106 Å². The minimum Gasteiger partial charge on any atom is -0.481 e. The Labute approximate surface area is 342 Å². The van der Waals surface area contributed by atoms with Crippen molar-refractivity contribution >= 4 is 17.9 Å². The summed E-state index contributed by atoms with van der Waals surface area (Å²) in [6, 6.07) is 24.5. The molecule has 0 radical (unpaired) electrons. The fourth-order valence-electron chi connectivity index (χ4n) is 10.5. The second kappa shape index (κ2) is 19.3. The Kier molecular flexibility index (Phi) is 14.0. The third-order valence-electron chi connectivity index (χ3n) is 14.0. The van der Waals surface area contributed by atoms with Crippen molar-refractivity contribution in [2.24, 2.45) is 40.9 Å². The Balaban J connectivity index is 1.10. The van der Waals surface area contributed by atoms with Crippen LogP contribution in [0.5, 0.6) is 0 Å². The second-order valence-electron chi connectivity index (χ2n) is 17.8. The van der Waals surface area contributed by atoms with Gasteiger partial charge >= 0.3 is 17.9 Å². The van der Waals surface area contributed by atoms with Gasteiger partial charge < -0.3 is 36.4 Å². The fraction of sp³-hybridized carbons (Fsp3) is 0.553. The molecule has 58 heavy (non-hydrogen) atoms. The Morgan fingerprint density at radius 2 is 1.02 bits per heavy atom. The SMILES string of the molecule is O=C(O)[C@@H](Cc1cccc(CN2CCC(Cc3cccc(C[C@H](C(=O)O)[C@H]4CCNC4)c3)(C(O)c3cccc(C[C@H](C(=O)O)[C@H]4CCNC4)c3)CC2)c1)[C@H]1CCNC1. The molecule has 0 aromatic heterocycles. The van der Waals surface area contributed by atoms with E-state index in [4.69, 9.17) is 0 Å². The number of nitrogens with zero attached hydrogens (tertiary/aromatic N) is 1. The summed E-state index contributed by atoms with van der Waals surface area (Å²) in [7, 11) is 0. The number of piperidine rings is 1. The van der Waals surface area contributed by atoms with E-state index in [9.17, 15) is 34.8 Å². The molecule has 4 aliphatic heterocycles. The number of carbonyl (C=O) groups is 3. The van der Waals surface area contributed by atoms with Crippen molar-refractivity contribution < 1.29 is 34.8 Å². The lowest BCUT2D eigenvalue weighted by Crippen LogP contribution is -2.44. The molecule has 0 amide bonds. The van der Waals surface area contributed by atoms with Crippen molar-refractivity contribution in [1.82, 2.24) is 20.9 Å². The maximum Gasteiger partial charge on any atom is 0.307 e. The molecule has 0 bridgehead atoms. The van der Waals surface area contributed by atoms with E-state index in [1.54, 1.807) is 0 Å². The molecule has 11 nitrogen and oxygen atoms in total. The van der Waals surface area contributed by atoms with E-state index in [0.29, 0.717) is 32.2 Å². The normalized spacial score (nSPS) is 24.3. The first kappa shape index (κ1) is 42.0. The standard InChI is InChI=1S/C47H62N4O7/c52-43(36-9-3-6-33(22-36)25-42(46(57)58)39-12-17-50-29-39)47(26-34-7-1-4-31(20-34)23-40(44(53)54)37-10-15-48-27-37)13-18-51(19-14-47)30-35-8-2-5-32(21-35)24-41(45(55)56)38-11-16-49-28-38/h1-9,20-22,37-43,48-50,52H,10-19,23-30H2,(H,53,54)(H,55,56)(H,57,58)/t37-,38-,39-,40-,41-,42-,43?/m0/s1. The van der Waals surface area contributed by atoms with Gasteiger partial charge in [-0.1, -0.05) is 72.8 Å². The van der Waals surface area contributed by atoms with Crippen molar-refractivity contribution in [3.8, 4) is 0 Å². The first-order chi connectivity index (χ1) is 28.1. The maximum absolute atomic E-state index is 12.5. The number of carboxylic acid groups (broad SMARTS) is 3. The fourth-order valence-corrected chi connectivity index (χ4v) is 10.5. The van der Waals surface area contributed by atoms with E-state index in [-0.39, 0.29) is 17.8 Å². The van der Waals surface area contributed by atoms with Crippen LogP contribution in [0.25, 0.3) is 0 Å². The number of rotatable bonds is 18. The number of likely N-dealkylation sites (tertiary alicyclic amines) is 1. The summed E-state index contributed by atoms with van der Waals surface area (Å²) in [5.41, 5.74) is 5.47. The molecule has 4 aliphatic rings. The Hall–Kier alpha value is -4.13. The predicted molar refractivity (Wildman–Crippen MR) is 222 cm³/mol. The molecule has 1 unspecified atom stereocenters. The molecule has 7 N–H and O–H groups in total. The lowest BCUT2D eigenvalue weighted by molar-refractivity contribution is -0.144. The van der Waals surface area contributed by atoms with E-state index >= 15 is 0 Å². The molecule has 3 aromatic carbocycles. The Morgan fingerprint density at radius 1 is 0.603 bits per heavy atom. The molecule has 4 heterocycles. The van der Waals surface area contributed by atoms with Crippen LogP contribution >= 0.6 is 0 Å². The smallest absolute Gasteiger partial charge is 0.307 e. The molecule has 4 fully saturated rings. The van der Waals surface area contributed by atoms with Gasteiger partial charge in [0.15, 0.2) is 0 Å². The van der Waals surface area contributed by atoms with Crippen LogP contribution in [0.4, 0.5) is 0 Å². The number of aliphatic hydroxyl groups is 1. The van der Waals surface area contributed by atoms with Gasteiger partial charge in [-0.05, 0) is 161 Å². The molecule has 7 rings (SSSR count). The van der Waals surface area contributed by atoms with E-state index < -0.39 is 47.2 Å². The number of aliphatic hydroxyl groups excluding tert-OH is 1. The van der Waals surface area contributed by atoms with Crippen LogP contribution in [0.2, 0.25) is 0 Å². The van der Waals surface area contributed by atoms with Gasteiger partial charge in [0.25, 0.3) is 0 Å². The van der Waals surface area contributed by atoms with Gasteiger partial charge in [0.05, 0.1) is 23.9 Å². The zero-order valence-corrected chi connectivity index (χ0v) is 33.7. The molecule has 0 aliphatic carbocycles. The van der Waals surface area contributed by atoms with Crippen LogP contribution in [-0.4, -0.2) is 95.6 Å². The summed E-state index contributed by atoms with van der Waals surface area (Å²) in [6.45, 7) is 6.96. The minimum absolute atomic E-state index is 0.0728. The summed E-state index contributed by atoms with van der Waals surface area (Å²) < 4.78 is 0. The summed E-state index contributed by atoms with van der Waals surface area (Å²) in [5.74, 6) is -3.34. The molecule has 0 saturated carbocycles. The van der Waals surface area contributed by atoms with Crippen LogP contribution in [0.1, 0.15) is 71.6 Å². The highest BCUT2D eigenvalue weighted by Crippen LogP contribution is 2.46. The molecule has 312 valence electrons. The van der Waals surface area contributed by atoms with E-state index in [1.165, 1.54) is 0 Å². The van der Waals surface area contributed by atoms with Gasteiger partial charge in [0.1, 0.15) is 0 Å². The minimum atomic E-state index is -0.799. The largest absolute Gasteiger partial charge is 0.481 e. The quantitative estimate of drug-likeness (QED) is 0.0944. The summed E-state index contributed by atoms with van der Waals surface area (Å²) in [6.07, 6.45) is 5.26. The molecule has 11 heteroatoms. The monoisotopic (exact) mass is 794 g/mol. The van der Waals surface area contributed by atoms with Gasteiger partial charge in [-0.2, -0.15) is 0 Å². The van der Waals surface area contributed by atoms with Crippen LogP contribution < -0.4 is 16.0 Å². The summed E-state index contributed by atoms with van der Waals surface area (Å²) in [5, 5.41) is 52.8. The van der Waals surface area contributed by atoms with Gasteiger partial charge in [-0.25, -0.2) is 0 Å². The van der Waals surface area contributed by atoms with Crippen LogP contribution in [0, 0.1) is 40.9 Å². The van der Waals surface area contributed by atoms with E-state index in [2.05, 4.69) is 45.1 Å². The number of aliphatic carboxylic acids is 3. The molecule has 4 saturated heterocycles. The Bertz CT molecular complexity index is 1860. The summed E-state index contributed by atoms with van der Waals surface area (Å²) >= 11 is 0. The number of hydrogen-bond acceptors (Lipinski definition) is 8. The number of benzene rings is 3. The van der Waals surface area contributed by atoms with Crippen LogP contribution in [-0.2, 0) is 46.6 Å². The molecular weight excluding hydrogens is 733 g/mol. The second-order valence-corrected chi connectivity index (χ2v) is 17.8. The van der Waals surface area contributed by atoms with Crippen molar-refractivity contribution in [1.29, 1.82) is 0 Å². The maximum atomic E-state index is 12.5. The van der Waals surface area contributed by atoms with Gasteiger partial charge in [-0.3, -0.25) is 19.3 Å².